The average molecular weight is 276 g/mol. The highest BCUT2D eigenvalue weighted by molar-refractivity contribution is 5.17. The molecule has 0 spiro atoms. The molecule has 0 radical (unpaired) electrons. The van der Waals surface area contributed by atoms with E-state index in [9.17, 15) is 4.39 Å². The molecule has 2 aliphatic rings. The van der Waals surface area contributed by atoms with Crippen LogP contribution in [0.2, 0.25) is 0 Å². The van der Waals surface area contributed by atoms with Crippen LogP contribution >= 0.6 is 0 Å². The van der Waals surface area contributed by atoms with E-state index in [1.807, 2.05) is 12.1 Å². The van der Waals surface area contributed by atoms with E-state index in [1.54, 1.807) is 12.1 Å². The zero-order valence-electron chi connectivity index (χ0n) is 12.2. The Balaban J connectivity index is 1.70. The first-order chi connectivity index (χ1) is 9.84. The van der Waals surface area contributed by atoms with Gasteiger partial charge in [0.05, 0.1) is 0 Å². The molecule has 0 bridgehead atoms. The van der Waals surface area contributed by atoms with Crippen molar-refractivity contribution in [3.63, 3.8) is 0 Å². The number of rotatable bonds is 3. The van der Waals surface area contributed by atoms with Crippen LogP contribution in [-0.2, 0) is 6.54 Å². The van der Waals surface area contributed by atoms with Gasteiger partial charge in [-0.3, -0.25) is 4.90 Å². The summed E-state index contributed by atoms with van der Waals surface area (Å²) in [7, 11) is 0. The lowest BCUT2D eigenvalue weighted by molar-refractivity contribution is 0.0850. The summed E-state index contributed by atoms with van der Waals surface area (Å²) in [6.07, 6.45) is 6.83. The molecule has 1 saturated heterocycles. The maximum absolute atomic E-state index is 13.9. The third-order valence-corrected chi connectivity index (χ3v) is 4.92. The highest BCUT2D eigenvalue weighted by atomic mass is 19.1. The van der Waals surface area contributed by atoms with E-state index in [2.05, 4.69) is 10.2 Å². The molecule has 0 amide bonds. The van der Waals surface area contributed by atoms with Crippen LogP contribution in [0.1, 0.15) is 37.7 Å². The van der Waals surface area contributed by atoms with Gasteiger partial charge in [0, 0.05) is 37.8 Å². The monoisotopic (exact) mass is 276 g/mol. The number of benzene rings is 1. The molecule has 2 nitrogen and oxygen atoms in total. The normalized spacial score (nSPS) is 25.8. The Labute approximate surface area is 121 Å². The smallest absolute Gasteiger partial charge is 0.127 e. The summed E-state index contributed by atoms with van der Waals surface area (Å²) in [5.41, 5.74) is 0.843. The van der Waals surface area contributed by atoms with Gasteiger partial charge < -0.3 is 5.32 Å². The van der Waals surface area contributed by atoms with Crippen LogP contribution in [-0.4, -0.2) is 30.6 Å². The van der Waals surface area contributed by atoms with Gasteiger partial charge in [-0.1, -0.05) is 37.5 Å². The van der Waals surface area contributed by atoms with Crippen LogP contribution in [0.25, 0.3) is 0 Å². The van der Waals surface area contributed by atoms with Crippen molar-refractivity contribution in [2.24, 2.45) is 5.92 Å². The van der Waals surface area contributed by atoms with Gasteiger partial charge in [0.2, 0.25) is 0 Å². The topological polar surface area (TPSA) is 15.3 Å². The molecule has 3 heteroatoms. The Hall–Kier alpha value is -0.930. The van der Waals surface area contributed by atoms with Gasteiger partial charge in [0.1, 0.15) is 5.82 Å². The third kappa shape index (κ3) is 3.21. The quantitative estimate of drug-likeness (QED) is 0.912. The first kappa shape index (κ1) is 14.0. The fourth-order valence-corrected chi connectivity index (χ4v) is 3.79. The van der Waals surface area contributed by atoms with Crippen molar-refractivity contribution in [1.29, 1.82) is 0 Å². The van der Waals surface area contributed by atoms with E-state index in [4.69, 9.17) is 0 Å². The van der Waals surface area contributed by atoms with Gasteiger partial charge in [-0.15, -0.1) is 0 Å². The molecule has 1 unspecified atom stereocenters. The molecular formula is C17H25FN2. The van der Waals surface area contributed by atoms with Crippen LogP contribution < -0.4 is 5.32 Å². The van der Waals surface area contributed by atoms with E-state index in [1.165, 1.54) is 32.1 Å². The molecular weight excluding hydrogens is 251 g/mol. The molecule has 1 N–H and O–H groups in total. The Morgan fingerprint density at radius 2 is 1.95 bits per heavy atom. The van der Waals surface area contributed by atoms with Crippen molar-refractivity contribution < 1.29 is 4.39 Å². The number of hydrogen-bond acceptors (Lipinski definition) is 2. The third-order valence-electron chi connectivity index (χ3n) is 4.92. The van der Waals surface area contributed by atoms with Crippen molar-refractivity contribution >= 4 is 0 Å². The molecule has 1 heterocycles. The van der Waals surface area contributed by atoms with Gasteiger partial charge in [0.25, 0.3) is 0 Å². The summed E-state index contributed by atoms with van der Waals surface area (Å²) in [4.78, 5) is 2.50. The van der Waals surface area contributed by atoms with Crippen LogP contribution in [0.5, 0.6) is 0 Å². The van der Waals surface area contributed by atoms with Crippen LogP contribution in [0, 0.1) is 11.7 Å². The Morgan fingerprint density at radius 3 is 2.75 bits per heavy atom. The van der Waals surface area contributed by atoms with Gasteiger partial charge in [0.15, 0.2) is 0 Å². The second-order valence-electron chi connectivity index (χ2n) is 6.23. The number of piperazine rings is 1. The molecule has 20 heavy (non-hydrogen) atoms. The largest absolute Gasteiger partial charge is 0.314 e. The fraction of sp³-hybridized carbons (Fsp3) is 0.647. The van der Waals surface area contributed by atoms with Crippen LogP contribution in [0.3, 0.4) is 0 Å². The predicted octanol–water partition coefficient (Wildman–Crippen LogP) is 3.18. The highest BCUT2D eigenvalue weighted by Crippen LogP contribution is 2.30. The molecule has 1 aliphatic heterocycles. The Bertz CT molecular complexity index is 429. The van der Waals surface area contributed by atoms with Gasteiger partial charge in [-0.25, -0.2) is 4.39 Å². The van der Waals surface area contributed by atoms with E-state index in [0.29, 0.717) is 6.04 Å². The molecule has 3 rings (SSSR count). The SMILES string of the molecule is Fc1ccccc1CN1CCNCC1C1CCCCC1. The predicted molar refractivity (Wildman–Crippen MR) is 80.0 cm³/mol. The molecule has 1 saturated carbocycles. The minimum atomic E-state index is -0.0616. The van der Waals surface area contributed by atoms with Crippen molar-refractivity contribution in [1.82, 2.24) is 10.2 Å². The highest BCUT2D eigenvalue weighted by Gasteiger charge is 2.30. The lowest BCUT2D eigenvalue weighted by Crippen LogP contribution is -2.54. The lowest BCUT2D eigenvalue weighted by atomic mass is 9.82. The van der Waals surface area contributed by atoms with Crippen molar-refractivity contribution in [2.75, 3.05) is 19.6 Å². The lowest BCUT2D eigenvalue weighted by Gasteiger charge is -2.42. The zero-order valence-corrected chi connectivity index (χ0v) is 12.2. The molecule has 2 fully saturated rings. The minimum absolute atomic E-state index is 0.0616. The van der Waals surface area contributed by atoms with Gasteiger partial charge in [-0.05, 0) is 24.8 Å². The van der Waals surface area contributed by atoms with E-state index in [0.717, 1.165) is 37.7 Å². The summed E-state index contributed by atoms with van der Waals surface area (Å²) in [6, 6.07) is 7.80. The molecule has 1 aromatic carbocycles. The van der Waals surface area contributed by atoms with E-state index >= 15 is 0 Å². The van der Waals surface area contributed by atoms with Crippen molar-refractivity contribution in [2.45, 2.75) is 44.7 Å². The number of hydrogen-bond donors (Lipinski definition) is 1. The standard InChI is InChI=1S/C17H25FN2/c18-16-9-5-4-8-15(16)13-20-11-10-19-12-17(20)14-6-2-1-3-7-14/h4-5,8-9,14,17,19H,1-3,6-7,10-13H2. The van der Waals surface area contributed by atoms with Crippen LogP contribution in [0.15, 0.2) is 24.3 Å². The Kier molecular flexibility index (Phi) is 4.69. The number of halogens is 1. The van der Waals surface area contributed by atoms with Gasteiger partial charge >= 0.3 is 0 Å². The van der Waals surface area contributed by atoms with Crippen molar-refractivity contribution in [3.05, 3.63) is 35.6 Å². The maximum atomic E-state index is 13.9. The first-order valence-electron chi connectivity index (χ1n) is 8.03. The molecule has 1 aliphatic carbocycles. The summed E-state index contributed by atoms with van der Waals surface area (Å²) in [5.74, 6) is 0.733. The molecule has 110 valence electrons. The maximum Gasteiger partial charge on any atom is 0.127 e. The number of nitrogens with zero attached hydrogens (tertiary/aromatic N) is 1. The molecule has 1 aromatic rings. The Morgan fingerprint density at radius 1 is 1.15 bits per heavy atom. The fourth-order valence-electron chi connectivity index (χ4n) is 3.79. The second kappa shape index (κ2) is 6.68. The minimum Gasteiger partial charge on any atom is -0.314 e. The first-order valence-corrected chi connectivity index (χ1v) is 8.03. The van der Waals surface area contributed by atoms with Crippen molar-refractivity contribution in [3.8, 4) is 0 Å². The van der Waals surface area contributed by atoms with E-state index in [-0.39, 0.29) is 5.82 Å². The summed E-state index contributed by atoms with van der Waals surface area (Å²) < 4.78 is 13.9. The number of nitrogens with one attached hydrogen (secondary N) is 1. The van der Waals surface area contributed by atoms with E-state index < -0.39 is 0 Å². The molecule has 0 aromatic heterocycles. The zero-order chi connectivity index (χ0) is 13.8. The van der Waals surface area contributed by atoms with Crippen LogP contribution in [0.4, 0.5) is 4.39 Å². The molecule has 1 atom stereocenters. The second-order valence-corrected chi connectivity index (χ2v) is 6.23. The summed E-state index contributed by atoms with van der Waals surface area (Å²) in [6.45, 7) is 3.89. The summed E-state index contributed by atoms with van der Waals surface area (Å²) in [5, 5.41) is 3.53. The average Bonchev–Trinajstić information content (AvgIpc) is 2.51. The summed E-state index contributed by atoms with van der Waals surface area (Å²) >= 11 is 0. The van der Waals surface area contributed by atoms with Gasteiger partial charge in [-0.2, -0.15) is 0 Å².